The third-order valence-corrected chi connectivity index (χ3v) is 3.24. The maximum absolute atomic E-state index is 13.8. The van der Waals surface area contributed by atoms with Gasteiger partial charge in [0.25, 0.3) is 0 Å². The van der Waals surface area contributed by atoms with Gasteiger partial charge in [-0.1, -0.05) is 6.92 Å². The number of nitriles is 1. The van der Waals surface area contributed by atoms with Gasteiger partial charge in [-0.2, -0.15) is 5.26 Å². The monoisotopic (exact) mass is 300 g/mol. The second kappa shape index (κ2) is 6.58. The van der Waals surface area contributed by atoms with E-state index in [1.54, 1.807) is 12.1 Å². The van der Waals surface area contributed by atoms with E-state index in [4.69, 9.17) is 10.4 Å². The Balaban J connectivity index is 2.73. The molecule has 0 fully saturated rings. The highest BCUT2D eigenvalue weighted by atomic mass is 79.9. The molecule has 0 heterocycles. The first-order valence-corrected chi connectivity index (χ1v) is 6.12. The first kappa shape index (κ1) is 13.9. The molecule has 1 unspecified atom stereocenters. The van der Waals surface area contributed by atoms with Gasteiger partial charge in [-0.25, -0.2) is 4.39 Å². The molecule has 0 spiro atoms. The lowest BCUT2D eigenvalue weighted by atomic mass is 10.1. The van der Waals surface area contributed by atoms with Crippen LogP contribution in [0, 0.1) is 23.1 Å². The smallest absolute Gasteiger partial charge is 0.161 e. The SMILES string of the molecule is CC(CCO)CNc1ccc(C#N)c(Br)c1F. The fourth-order valence-electron chi connectivity index (χ4n) is 1.38. The summed E-state index contributed by atoms with van der Waals surface area (Å²) in [6.45, 7) is 2.68. The van der Waals surface area contributed by atoms with Crippen molar-refractivity contribution in [3.63, 3.8) is 0 Å². The van der Waals surface area contributed by atoms with Crippen molar-refractivity contribution in [2.24, 2.45) is 5.92 Å². The summed E-state index contributed by atoms with van der Waals surface area (Å²) in [5.74, 6) is -0.200. The van der Waals surface area contributed by atoms with Crippen molar-refractivity contribution in [1.82, 2.24) is 0 Å². The highest BCUT2D eigenvalue weighted by Gasteiger charge is 2.11. The summed E-state index contributed by atoms with van der Waals surface area (Å²) in [5, 5.41) is 20.4. The lowest BCUT2D eigenvalue weighted by Crippen LogP contribution is -2.13. The molecule has 0 radical (unpaired) electrons. The predicted octanol–water partition coefficient (Wildman–Crippen LogP) is 2.89. The lowest BCUT2D eigenvalue weighted by molar-refractivity contribution is 0.266. The van der Waals surface area contributed by atoms with Crippen molar-refractivity contribution in [3.8, 4) is 6.07 Å². The van der Waals surface area contributed by atoms with Crippen LogP contribution < -0.4 is 5.32 Å². The molecule has 17 heavy (non-hydrogen) atoms. The Morgan fingerprint density at radius 2 is 2.29 bits per heavy atom. The molecule has 1 rings (SSSR count). The van der Waals surface area contributed by atoms with Crippen LogP contribution >= 0.6 is 15.9 Å². The fourth-order valence-corrected chi connectivity index (χ4v) is 1.81. The van der Waals surface area contributed by atoms with Crippen LogP contribution in [-0.2, 0) is 0 Å². The van der Waals surface area contributed by atoms with Crippen molar-refractivity contribution in [1.29, 1.82) is 5.26 Å². The number of anilines is 1. The van der Waals surface area contributed by atoms with Gasteiger partial charge in [-0.05, 0) is 40.4 Å². The standard InChI is InChI=1S/C12H14BrFN2O/c1-8(4-5-17)7-16-10-3-2-9(6-15)11(13)12(10)14/h2-3,8,16-17H,4-5,7H2,1H3. The van der Waals surface area contributed by atoms with Crippen LogP contribution in [0.5, 0.6) is 0 Å². The highest BCUT2D eigenvalue weighted by molar-refractivity contribution is 9.10. The largest absolute Gasteiger partial charge is 0.396 e. The minimum Gasteiger partial charge on any atom is -0.396 e. The molecule has 5 heteroatoms. The van der Waals surface area contributed by atoms with Gasteiger partial charge in [0, 0.05) is 13.2 Å². The van der Waals surface area contributed by atoms with E-state index in [0.717, 1.165) is 0 Å². The van der Waals surface area contributed by atoms with E-state index < -0.39 is 5.82 Å². The van der Waals surface area contributed by atoms with Gasteiger partial charge in [0.15, 0.2) is 5.82 Å². The molecular weight excluding hydrogens is 287 g/mol. The molecule has 0 saturated heterocycles. The van der Waals surface area contributed by atoms with Gasteiger partial charge in [0.05, 0.1) is 15.7 Å². The first-order valence-electron chi connectivity index (χ1n) is 5.33. The van der Waals surface area contributed by atoms with E-state index >= 15 is 0 Å². The van der Waals surface area contributed by atoms with Gasteiger partial charge in [-0.15, -0.1) is 0 Å². The molecule has 0 saturated carbocycles. The van der Waals surface area contributed by atoms with Crippen LogP contribution in [-0.4, -0.2) is 18.3 Å². The Kier molecular flexibility index (Phi) is 5.39. The summed E-state index contributed by atoms with van der Waals surface area (Å²) in [7, 11) is 0. The third-order valence-electron chi connectivity index (χ3n) is 2.47. The van der Waals surface area contributed by atoms with Crippen LogP contribution in [0.15, 0.2) is 16.6 Å². The fraction of sp³-hybridized carbons (Fsp3) is 0.417. The van der Waals surface area contributed by atoms with Gasteiger partial charge in [0.1, 0.15) is 6.07 Å². The Hall–Kier alpha value is -1.12. The number of aliphatic hydroxyl groups is 1. The number of hydrogen-bond donors (Lipinski definition) is 2. The molecule has 0 aliphatic rings. The van der Waals surface area contributed by atoms with Crippen molar-refractivity contribution in [2.45, 2.75) is 13.3 Å². The molecule has 0 bridgehead atoms. The van der Waals surface area contributed by atoms with Crippen LogP contribution in [0.2, 0.25) is 0 Å². The third kappa shape index (κ3) is 3.69. The zero-order valence-corrected chi connectivity index (χ0v) is 11.1. The maximum atomic E-state index is 13.8. The van der Waals surface area contributed by atoms with Gasteiger partial charge in [0.2, 0.25) is 0 Å². The van der Waals surface area contributed by atoms with Crippen molar-refractivity contribution in [2.75, 3.05) is 18.5 Å². The van der Waals surface area contributed by atoms with E-state index in [0.29, 0.717) is 18.7 Å². The molecule has 3 nitrogen and oxygen atoms in total. The zero-order valence-electron chi connectivity index (χ0n) is 9.50. The quantitative estimate of drug-likeness (QED) is 0.879. The number of rotatable bonds is 5. The minimum absolute atomic E-state index is 0.127. The molecule has 0 amide bonds. The van der Waals surface area contributed by atoms with Crippen molar-refractivity contribution in [3.05, 3.63) is 28.0 Å². The summed E-state index contributed by atoms with van der Waals surface area (Å²) in [5.41, 5.74) is 0.636. The van der Waals surface area contributed by atoms with Crippen LogP contribution in [0.4, 0.5) is 10.1 Å². The number of nitrogens with one attached hydrogen (secondary N) is 1. The van der Waals surface area contributed by atoms with Crippen molar-refractivity contribution < 1.29 is 9.50 Å². The summed E-state index contributed by atoms with van der Waals surface area (Å²) >= 11 is 3.05. The molecule has 1 aromatic rings. The summed E-state index contributed by atoms with van der Waals surface area (Å²) in [6, 6.07) is 5.01. The molecular formula is C12H14BrFN2O. The molecule has 0 aliphatic heterocycles. The molecule has 92 valence electrons. The number of nitrogens with zero attached hydrogens (tertiary/aromatic N) is 1. The predicted molar refractivity (Wildman–Crippen MR) is 68.2 cm³/mol. The molecule has 1 aromatic carbocycles. The van der Waals surface area contributed by atoms with Crippen LogP contribution in [0.3, 0.4) is 0 Å². The van der Waals surface area contributed by atoms with Crippen molar-refractivity contribution >= 4 is 21.6 Å². The Labute approximate surface area is 108 Å². The average Bonchev–Trinajstić information content (AvgIpc) is 2.31. The minimum atomic E-state index is -0.458. The number of benzene rings is 1. The van der Waals surface area contributed by atoms with Gasteiger partial charge >= 0.3 is 0 Å². The Bertz CT molecular complexity index is 431. The molecule has 0 aromatic heterocycles. The van der Waals surface area contributed by atoms with Crippen LogP contribution in [0.1, 0.15) is 18.9 Å². The molecule has 0 aliphatic carbocycles. The van der Waals surface area contributed by atoms with E-state index in [2.05, 4.69) is 21.2 Å². The van der Waals surface area contributed by atoms with E-state index in [9.17, 15) is 4.39 Å². The normalized spacial score (nSPS) is 11.9. The maximum Gasteiger partial charge on any atom is 0.161 e. The Morgan fingerprint density at radius 1 is 1.59 bits per heavy atom. The van der Waals surface area contributed by atoms with E-state index in [1.807, 2.05) is 13.0 Å². The van der Waals surface area contributed by atoms with Gasteiger partial charge in [-0.3, -0.25) is 0 Å². The summed E-state index contributed by atoms with van der Waals surface area (Å²) < 4.78 is 14.0. The van der Waals surface area contributed by atoms with Gasteiger partial charge < -0.3 is 10.4 Å². The lowest BCUT2D eigenvalue weighted by Gasteiger charge is -2.13. The molecule has 1 atom stereocenters. The average molecular weight is 301 g/mol. The number of halogens is 2. The Morgan fingerprint density at radius 3 is 2.88 bits per heavy atom. The topological polar surface area (TPSA) is 56.0 Å². The highest BCUT2D eigenvalue weighted by Crippen LogP contribution is 2.26. The second-order valence-electron chi connectivity index (χ2n) is 3.90. The van der Waals surface area contributed by atoms with E-state index in [1.165, 1.54) is 0 Å². The number of hydrogen-bond acceptors (Lipinski definition) is 3. The first-order chi connectivity index (χ1) is 8.10. The van der Waals surface area contributed by atoms with Crippen LogP contribution in [0.25, 0.3) is 0 Å². The summed E-state index contributed by atoms with van der Waals surface area (Å²) in [6.07, 6.45) is 0.673. The summed E-state index contributed by atoms with van der Waals surface area (Å²) in [4.78, 5) is 0. The molecule has 2 N–H and O–H groups in total. The zero-order chi connectivity index (χ0) is 12.8. The number of aliphatic hydroxyl groups excluding tert-OH is 1. The second-order valence-corrected chi connectivity index (χ2v) is 4.69. The van der Waals surface area contributed by atoms with E-state index in [-0.39, 0.29) is 22.6 Å².